The summed E-state index contributed by atoms with van der Waals surface area (Å²) in [6.45, 7) is 5.93. The maximum Gasteiger partial charge on any atom is 0.343 e. The topological polar surface area (TPSA) is 52.6 Å². The van der Waals surface area contributed by atoms with Crippen LogP contribution in [0.2, 0.25) is 0 Å². The molecule has 1 atom stereocenters. The molecule has 0 fully saturated rings. The first-order valence-electron chi connectivity index (χ1n) is 12.2. The summed E-state index contributed by atoms with van der Waals surface area (Å²) in [5, 5.41) is 0. The molecule has 4 heteroatoms. The van der Waals surface area contributed by atoms with Crippen LogP contribution in [0.15, 0.2) is 97.1 Å². The summed E-state index contributed by atoms with van der Waals surface area (Å²) < 4.78 is 10.9. The maximum absolute atomic E-state index is 12.6. The lowest BCUT2D eigenvalue weighted by Crippen LogP contribution is -2.13. The normalized spacial score (nSPS) is 11.5. The SMILES string of the molecule is CCC(C)OC(=O)c1ccc(-c2ccc(C(=O)Oc3ccc(Cc4ccc(C)cc4)cc3)cc2)cc1. The highest BCUT2D eigenvalue weighted by Crippen LogP contribution is 2.22. The summed E-state index contributed by atoms with van der Waals surface area (Å²) in [6, 6.07) is 30.6. The van der Waals surface area contributed by atoms with Crippen LogP contribution in [0.3, 0.4) is 0 Å². The van der Waals surface area contributed by atoms with Gasteiger partial charge in [0.2, 0.25) is 0 Å². The van der Waals surface area contributed by atoms with Crippen LogP contribution < -0.4 is 4.74 Å². The standard InChI is InChI=1S/C32H30O4/c1-4-23(3)35-31(33)28-15-11-26(12-16-28)27-13-17-29(18-14-27)32(34)36-30-19-9-25(10-20-30)21-24-7-5-22(2)6-8-24/h5-20,23H,4,21H2,1-3H3. The minimum atomic E-state index is -0.407. The first-order valence-corrected chi connectivity index (χ1v) is 12.2. The van der Waals surface area contributed by atoms with Crippen LogP contribution in [0.25, 0.3) is 11.1 Å². The minimum Gasteiger partial charge on any atom is -0.459 e. The van der Waals surface area contributed by atoms with Crippen LogP contribution in [0, 0.1) is 6.92 Å². The van der Waals surface area contributed by atoms with Gasteiger partial charge in [0.25, 0.3) is 0 Å². The molecule has 1 unspecified atom stereocenters. The zero-order valence-corrected chi connectivity index (χ0v) is 20.9. The highest BCUT2D eigenvalue weighted by molar-refractivity contribution is 5.92. The van der Waals surface area contributed by atoms with Crippen LogP contribution in [0.1, 0.15) is 57.7 Å². The van der Waals surface area contributed by atoms with Crippen molar-refractivity contribution in [2.24, 2.45) is 0 Å². The fraction of sp³-hybridized carbons (Fsp3) is 0.188. The van der Waals surface area contributed by atoms with Crippen molar-refractivity contribution in [1.29, 1.82) is 0 Å². The zero-order valence-electron chi connectivity index (χ0n) is 20.9. The fourth-order valence-corrected chi connectivity index (χ4v) is 3.71. The molecule has 4 rings (SSSR count). The Bertz CT molecular complexity index is 1300. The number of carbonyl (C=O) groups excluding carboxylic acids is 2. The van der Waals surface area contributed by atoms with Gasteiger partial charge in [-0.1, -0.05) is 73.2 Å². The quantitative estimate of drug-likeness (QED) is 0.195. The minimum absolute atomic E-state index is 0.110. The van der Waals surface area contributed by atoms with Gasteiger partial charge in [-0.3, -0.25) is 0 Å². The molecule has 0 amide bonds. The Hall–Kier alpha value is -4.18. The molecule has 36 heavy (non-hydrogen) atoms. The number of hydrogen-bond donors (Lipinski definition) is 0. The Labute approximate surface area is 212 Å². The van der Waals surface area contributed by atoms with Gasteiger partial charge in [-0.25, -0.2) is 9.59 Å². The van der Waals surface area contributed by atoms with Gasteiger partial charge in [0.15, 0.2) is 0 Å². The second kappa shape index (κ2) is 11.5. The lowest BCUT2D eigenvalue weighted by Gasteiger charge is -2.11. The van der Waals surface area contributed by atoms with E-state index in [0.717, 1.165) is 29.5 Å². The molecule has 4 aromatic carbocycles. The van der Waals surface area contributed by atoms with Gasteiger partial charge in [0.1, 0.15) is 5.75 Å². The van der Waals surface area contributed by atoms with Crippen LogP contribution >= 0.6 is 0 Å². The van der Waals surface area contributed by atoms with E-state index in [-0.39, 0.29) is 12.1 Å². The second-order valence-corrected chi connectivity index (χ2v) is 8.97. The summed E-state index contributed by atoms with van der Waals surface area (Å²) in [5.74, 6) is -0.218. The molecule has 4 nitrogen and oxygen atoms in total. The molecule has 0 aliphatic carbocycles. The summed E-state index contributed by atoms with van der Waals surface area (Å²) >= 11 is 0. The van der Waals surface area contributed by atoms with E-state index in [1.807, 2.05) is 62.4 Å². The fourth-order valence-electron chi connectivity index (χ4n) is 3.71. The van der Waals surface area contributed by atoms with E-state index in [2.05, 4.69) is 31.2 Å². The predicted octanol–water partition coefficient (Wildman–Crippen LogP) is 7.43. The number of benzene rings is 4. The highest BCUT2D eigenvalue weighted by Gasteiger charge is 2.12. The lowest BCUT2D eigenvalue weighted by atomic mass is 10.0. The number of aryl methyl sites for hydroxylation is 1. The maximum atomic E-state index is 12.6. The van der Waals surface area contributed by atoms with Gasteiger partial charge in [0, 0.05) is 0 Å². The van der Waals surface area contributed by atoms with Crippen molar-refractivity contribution in [3.63, 3.8) is 0 Å². The lowest BCUT2D eigenvalue weighted by molar-refractivity contribution is 0.0334. The van der Waals surface area contributed by atoms with Crippen molar-refractivity contribution in [3.8, 4) is 16.9 Å². The summed E-state index contributed by atoms with van der Waals surface area (Å²) in [7, 11) is 0. The van der Waals surface area contributed by atoms with Gasteiger partial charge in [-0.15, -0.1) is 0 Å². The summed E-state index contributed by atoms with van der Waals surface area (Å²) in [5.41, 5.74) is 6.51. The van der Waals surface area contributed by atoms with E-state index in [9.17, 15) is 9.59 Å². The van der Waals surface area contributed by atoms with Gasteiger partial charge in [-0.2, -0.15) is 0 Å². The number of rotatable bonds is 8. The Balaban J connectivity index is 1.35. The molecule has 4 aromatic rings. The van der Waals surface area contributed by atoms with Crippen molar-refractivity contribution < 1.29 is 19.1 Å². The largest absolute Gasteiger partial charge is 0.459 e. The Morgan fingerprint density at radius 2 is 1.14 bits per heavy atom. The second-order valence-electron chi connectivity index (χ2n) is 8.97. The van der Waals surface area contributed by atoms with E-state index in [4.69, 9.17) is 9.47 Å². The van der Waals surface area contributed by atoms with Gasteiger partial charge < -0.3 is 9.47 Å². The van der Waals surface area contributed by atoms with Gasteiger partial charge >= 0.3 is 11.9 Å². The number of ether oxygens (including phenoxy) is 2. The number of esters is 2. The first-order chi connectivity index (χ1) is 17.4. The zero-order chi connectivity index (χ0) is 25.5. The van der Waals surface area contributed by atoms with Gasteiger partial charge in [0.05, 0.1) is 17.2 Å². The van der Waals surface area contributed by atoms with E-state index < -0.39 is 5.97 Å². The average molecular weight is 479 g/mol. The summed E-state index contributed by atoms with van der Waals surface area (Å²) in [4.78, 5) is 24.8. The van der Waals surface area contributed by atoms with Crippen molar-refractivity contribution in [3.05, 3.63) is 125 Å². The van der Waals surface area contributed by atoms with E-state index >= 15 is 0 Å². The van der Waals surface area contributed by atoms with E-state index in [1.165, 1.54) is 11.1 Å². The van der Waals surface area contributed by atoms with Crippen LogP contribution in [0.5, 0.6) is 5.75 Å². The third-order valence-corrected chi connectivity index (χ3v) is 6.12. The molecule has 0 saturated carbocycles. The molecule has 0 bridgehead atoms. The molecular formula is C32H30O4. The average Bonchev–Trinajstić information content (AvgIpc) is 2.91. The van der Waals surface area contributed by atoms with Crippen molar-refractivity contribution >= 4 is 11.9 Å². The number of hydrogen-bond acceptors (Lipinski definition) is 4. The molecule has 0 radical (unpaired) electrons. The van der Waals surface area contributed by atoms with Crippen LogP contribution in [-0.4, -0.2) is 18.0 Å². The third kappa shape index (κ3) is 6.48. The molecule has 0 heterocycles. The Morgan fingerprint density at radius 1 is 0.667 bits per heavy atom. The molecule has 0 aliphatic heterocycles. The van der Waals surface area contributed by atoms with Crippen molar-refractivity contribution in [1.82, 2.24) is 0 Å². The van der Waals surface area contributed by atoms with E-state index in [0.29, 0.717) is 16.9 Å². The first kappa shape index (κ1) is 24.9. The summed E-state index contributed by atoms with van der Waals surface area (Å²) in [6.07, 6.45) is 1.49. The molecular weight excluding hydrogens is 448 g/mol. The Morgan fingerprint density at radius 3 is 1.64 bits per heavy atom. The molecule has 182 valence electrons. The van der Waals surface area contributed by atoms with Crippen LogP contribution in [-0.2, 0) is 11.2 Å². The molecule has 0 aromatic heterocycles. The van der Waals surface area contributed by atoms with E-state index in [1.54, 1.807) is 24.3 Å². The smallest absolute Gasteiger partial charge is 0.343 e. The predicted molar refractivity (Wildman–Crippen MR) is 142 cm³/mol. The van der Waals surface area contributed by atoms with Gasteiger partial charge in [-0.05, 0) is 85.3 Å². The molecule has 0 spiro atoms. The third-order valence-electron chi connectivity index (χ3n) is 6.12. The molecule has 0 N–H and O–H groups in total. The monoisotopic (exact) mass is 478 g/mol. The van der Waals surface area contributed by atoms with Crippen LogP contribution in [0.4, 0.5) is 0 Å². The molecule has 0 saturated heterocycles. The Kier molecular flexibility index (Phi) is 7.96. The molecule has 0 aliphatic rings. The highest BCUT2D eigenvalue weighted by atomic mass is 16.5. The van der Waals surface area contributed by atoms with Crippen molar-refractivity contribution in [2.75, 3.05) is 0 Å². The number of carbonyl (C=O) groups is 2. The van der Waals surface area contributed by atoms with Crippen molar-refractivity contribution in [2.45, 2.75) is 39.7 Å².